The number of carboxylic acid groups (broad SMARTS) is 1. The molecule has 0 aliphatic rings. The van der Waals surface area contributed by atoms with Crippen LogP contribution in [0.3, 0.4) is 0 Å². The molecule has 0 bridgehead atoms. The van der Waals surface area contributed by atoms with Gasteiger partial charge in [0.25, 0.3) is 10.0 Å². The minimum Gasteiger partial charge on any atom is -0.478 e. The number of rotatable bonds is 6. The highest BCUT2D eigenvalue weighted by Crippen LogP contribution is 2.25. The number of aromatic carboxylic acids is 1. The lowest BCUT2D eigenvalue weighted by Gasteiger charge is -2.13. The molecule has 0 saturated heterocycles. The first-order valence-corrected chi connectivity index (χ1v) is 8.92. The van der Waals surface area contributed by atoms with Crippen LogP contribution in [0.2, 0.25) is 0 Å². The van der Waals surface area contributed by atoms with Gasteiger partial charge >= 0.3 is 5.97 Å². The van der Waals surface area contributed by atoms with E-state index in [0.29, 0.717) is 11.4 Å². The van der Waals surface area contributed by atoms with Gasteiger partial charge in [0.1, 0.15) is 9.22 Å². The molecule has 2 N–H and O–H groups in total. The lowest BCUT2D eigenvalue weighted by atomic mass is 10.3. The van der Waals surface area contributed by atoms with Crippen LogP contribution < -0.4 is 4.72 Å². The van der Waals surface area contributed by atoms with Gasteiger partial charge in [-0.1, -0.05) is 6.92 Å². The summed E-state index contributed by atoms with van der Waals surface area (Å²) in [5.41, 5.74) is -0.0299. The number of hydrogen-bond donors (Lipinski definition) is 2. The summed E-state index contributed by atoms with van der Waals surface area (Å²) in [7, 11) is -3.74. The van der Waals surface area contributed by atoms with Crippen molar-refractivity contribution in [2.75, 3.05) is 0 Å². The van der Waals surface area contributed by atoms with Gasteiger partial charge in [-0.15, -0.1) is 22.7 Å². The zero-order chi connectivity index (χ0) is 14.8. The third-order valence-electron chi connectivity index (χ3n) is 2.54. The highest BCUT2D eigenvalue weighted by Gasteiger charge is 2.24. The molecule has 0 saturated carbocycles. The average molecular weight is 332 g/mol. The van der Waals surface area contributed by atoms with Gasteiger partial charge in [0.15, 0.2) is 0 Å². The van der Waals surface area contributed by atoms with E-state index >= 15 is 0 Å². The second-order valence-electron chi connectivity index (χ2n) is 3.91. The predicted octanol–water partition coefficient (Wildman–Crippen LogP) is 2.33. The normalized spacial score (nSPS) is 13.2. The maximum absolute atomic E-state index is 12.2. The van der Waals surface area contributed by atoms with Gasteiger partial charge in [0, 0.05) is 17.0 Å². The molecular weight excluding hydrogens is 320 g/mol. The minimum atomic E-state index is -3.74. The van der Waals surface area contributed by atoms with E-state index in [1.807, 2.05) is 6.92 Å². The standard InChI is InChI=1S/C11H12N2O4S3/c1-2-8(10-12-3-4-18-10)13-20(16,17)9-5-7(6-19-9)11(14)15/h3-6,8,13H,2H2,1H3,(H,14,15). The van der Waals surface area contributed by atoms with Crippen molar-refractivity contribution in [2.45, 2.75) is 23.6 Å². The van der Waals surface area contributed by atoms with E-state index in [-0.39, 0.29) is 9.77 Å². The van der Waals surface area contributed by atoms with Gasteiger partial charge in [0.2, 0.25) is 0 Å². The quantitative estimate of drug-likeness (QED) is 0.846. The van der Waals surface area contributed by atoms with Crippen molar-refractivity contribution in [3.8, 4) is 0 Å². The number of aromatic nitrogens is 1. The van der Waals surface area contributed by atoms with Crippen molar-refractivity contribution < 1.29 is 18.3 Å². The second kappa shape index (κ2) is 6.00. The van der Waals surface area contributed by atoms with E-state index in [4.69, 9.17) is 5.11 Å². The van der Waals surface area contributed by atoms with Crippen LogP contribution in [-0.4, -0.2) is 24.5 Å². The fourth-order valence-corrected chi connectivity index (χ4v) is 4.83. The van der Waals surface area contributed by atoms with Crippen LogP contribution >= 0.6 is 22.7 Å². The molecule has 108 valence electrons. The molecule has 0 aromatic carbocycles. The Morgan fingerprint density at radius 3 is 2.75 bits per heavy atom. The lowest BCUT2D eigenvalue weighted by Crippen LogP contribution is -2.27. The van der Waals surface area contributed by atoms with Crippen molar-refractivity contribution in [2.24, 2.45) is 0 Å². The smallest absolute Gasteiger partial charge is 0.336 e. The molecule has 1 atom stereocenters. The van der Waals surface area contributed by atoms with Crippen molar-refractivity contribution in [1.29, 1.82) is 0 Å². The first-order chi connectivity index (χ1) is 9.44. The Balaban J connectivity index is 2.23. The van der Waals surface area contributed by atoms with Gasteiger partial charge in [-0.2, -0.15) is 0 Å². The van der Waals surface area contributed by atoms with Gasteiger partial charge in [0.05, 0.1) is 11.6 Å². The molecule has 1 unspecified atom stereocenters. The number of carbonyl (C=O) groups is 1. The molecule has 2 heterocycles. The topological polar surface area (TPSA) is 96.4 Å². The molecular formula is C11H12N2O4S3. The summed E-state index contributed by atoms with van der Waals surface area (Å²) >= 11 is 2.26. The first-order valence-electron chi connectivity index (χ1n) is 5.67. The Hall–Kier alpha value is -1.29. The fraction of sp³-hybridized carbons (Fsp3) is 0.273. The minimum absolute atomic E-state index is 0.00935. The summed E-state index contributed by atoms with van der Waals surface area (Å²) in [5, 5.41) is 12.6. The number of thiophene rings is 1. The summed E-state index contributed by atoms with van der Waals surface area (Å²) in [6.07, 6.45) is 2.18. The van der Waals surface area contributed by atoms with Crippen molar-refractivity contribution >= 4 is 38.7 Å². The highest BCUT2D eigenvalue weighted by molar-refractivity contribution is 7.91. The Morgan fingerprint density at radius 1 is 1.50 bits per heavy atom. The molecule has 2 aromatic heterocycles. The summed E-state index contributed by atoms with van der Waals surface area (Å²) in [6.45, 7) is 1.85. The molecule has 0 aliphatic carbocycles. The van der Waals surface area contributed by atoms with Gasteiger partial charge in [-0.05, 0) is 12.5 Å². The van der Waals surface area contributed by atoms with Crippen LogP contribution in [-0.2, 0) is 10.0 Å². The molecule has 20 heavy (non-hydrogen) atoms. The van der Waals surface area contributed by atoms with Crippen molar-refractivity contribution in [3.05, 3.63) is 33.6 Å². The van der Waals surface area contributed by atoms with Crippen LogP contribution in [0.4, 0.5) is 0 Å². The van der Waals surface area contributed by atoms with Gasteiger partial charge in [-0.3, -0.25) is 0 Å². The first kappa shape index (κ1) is 15.1. The van der Waals surface area contributed by atoms with Crippen molar-refractivity contribution in [3.63, 3.8) is 0 Å². The largest absolute Gasteiger partial charge is 0.478 e. The van der Waals surface area contributed by atoms with Crippen molar-refractivity contribution in [1.82, 2.24) is 9.71 Å². The molecule has 0 radical (unpaired) electrons. The number of carboxylic acids is 1. The second-order valence-corrected chi connectivity index (χ2v) is 7.69. The van der Waals surface area contributed by atoms with E-state index in [1.165, 1.54) is 16.7 Å². The Bertz CT molecular complexity index is 691. The summed E-state index contributed by atoms with van der Waals surface area (Å²) in [6, 6.07) is 0.750. The van der Waals surface area contributed by atoms with Crippen LogP contribution in [0.15, 0.2) is 27.2 Å². The monoisotopic (exact) mass is 332 g/mol. The van der Waals surface area contributed by atoms with E-state index in [2.05, 4.69) is 9.71 Å². The maximum atomic E-state index is 12.2. The molecule has 2 rings (SSSR count). The van der Waals surface area contributed by atoms with Crippen LogP contribution in [0.25, 0.3) is 0 Å². The van der Waals surface area contributed by atoms with Crippen LogP contribution in [0, 0.1) is 0 Å². The zero-order valence-corrected chi connectivity index (χ0v) is 12.9. The van der Waals surface area contributed by atoms with E-state index < -0.39 is 22.0 Å². The van der Waals surface area contributed by atoms with Gasteiger partial charge in [-0.25, -0.2) is 22.9 Å². The predicted molar refractivity (Wildman–Crippen MR) is 76.7 cm³/mol. The number of thiazole rings is 1. The Kier molecular flexibility index (Phi) is 4.53. The van der Waals surface area contributed by atoms with Crippen LogP contribution in [0.5, 0.6) is 0 Å². The number of hydrogen-bond acceptors (Lipinski definition) is 6. The number of nitrogens with zero attached hydrogens (tertiary/aromatic N) is 1. The molecule has 6 nitrogen and oxygen atoms in total. The van der Waals surface area contributed by atoms with E-state index in [9.17, 15) is 13.2 Å². The highest BCUT2D eigenvalue weighted by atomic mass is 32.2. The molecule has 0 aliphatic heterocycles. The maximum Gasteiger partial charge on any atom is 0.336 e. The molecule has 0 spiro atoms. The molecule has 0 fully saturated rings. The number of sulfonamides is 1. The summed E-state index contributed by atoms with van der Waals surface area (Å²) in [4.78, 5) is 14.9. The Morgan fingerprint density at radius 2 is 2.25 bits per heavy atom. The third kappa shape index (κ3) is 3.23. The number of nitrogens with one attached hydrogen (secondary N) is 1. The molecule has 2 aromatic rings. The fourth-order valence-electron chi connectivity index (χ4n) is 1.53. The zero-order valence-electron chi connectivity index (χ0n) is 10.4. The van der Waals surface area contributed by atoms with Crippen LogP contribution in [0.1, 0.15) is 34.8 Å². The summed E-state index contributed by atoms with van der Waals surface area (Å²) in [5.74, 6) is -1.14. The summed E-state index contributed by atoms with van der Waals surface area (Å²) < 4.78 is 27.0. The van der Waals surface area contributed by atoms with E-state index in [1.54, 1.807) is 11.6 Å². The Labute approximate surface area is 124 Å². The van der Waals surface area contributed by atoms with E-state index in [0.717, 1.165) is 17.4 Å². The molecule has 0 amide bonds. The van der Waals surface area contributed by atoms with Gasteiger partial charge < -0.3 is 5.11 Å². The third-order valence-corrected chi connectivity index (χ3v) is 6.34. The SMILES string of the molecule is CCC(NS(=O)(=O)c1cc(C(=O)O)cs1)c1nccs1. The average Bonchev–Trinajstić information content (AvgIpc) is 3.06. The molecule has 9 heteroatoms. The lowest BCUT2D eigenvalue weighted by molar-refractivity contribution is 0.0697.